The number of allylic oxidation sites excluding steroid dienone is 5. The molecule has 0 saturated carbocycles. The molecule has 1 aromatic carbocycles. The number of hydrogen-bond donors (Lipinski definition) is 0. The number of carbonyl (C=O) groups excluding carboxylic acids is 1. The molecule has 1 unspecified atom stereocenters. The number of hydrogen-bond acceptors (Lipinski definition) is 4. The van der Waals surface area contributed by atoms with E-state index < -0.39 is 0 Å². The van der Waals surface area contributed by atoms with Crippen molar-refractivity contribution >= 4 is 35.2 Å². The average molecular weight is 458 g/mol. The third kappa shape index (κ3) is 4.83. The zero-order valence-electron chi connectivity index (χ0n) is 17.8. The van der Waals surface area contributed by atoms with Crippen LogP contribution in [0.4, 0.5) is 0 Å². The van der Waals surface area contributed by atoms with Gasteiger partial charge in [0.25, 0.3) is 5.56 Å². The van der Waals surface area contributed by atoms with Crippen LogP contribution >= 0.6 is 23.2 Å². The molecule has 0 aliphatic carbocycles. The van der Waals surface area contributed by atoms with Gasteiger partial charge in [-0.25, -0.2) is 9.66 Å². The van der Waals surface area contributed by atoms with E-state index in [1.165, 1.54) is 6.20 Å². The monoisotopic (exact) mass is 457 g/mol. The lowest BCUT2D eigenvalue weighted by molar-refractivity contribution is -0.107. The van der Waals surface area contributed by atoms with Crippen molar-refractivity contribution in [2.75, 3.05) is 12.1 Å². The van der Waals surface area contributed by atoms with E-state index in [4.69, 9.17) is 23.2 Å². The SMILES string of the molecule is C/C=C(\C=C/C(C)Cl)C1=C(c2ccccc2Cl)N(C)n2c(ncc(CC=O)c2=O)CC1. The van der Waals surface area contributed by atoms with Crippen LogP contribution in [-0.2, 0) is 17.6 Å². The Morgan fingerprint density at radius 3 is 2.68 bits per heavy atom. The molecule has 1 aromatic heterocycles. The highest BCUT2D eigenvalue weighted by atomic mass is 35.5. The Bertz CT molecular complexity index is 1130. The van der Waals surface area contributed by atoms with Crippen LogP contribution in [0.1, 0.15) is 37.2 Å². The summed E-state index contributed by atoms with van der Waals surface area (Å²) in [5.41, 5.74) is 3.77. The summed E-state index contributed by atoms with van der Waals surface area (Å²) in [6.07, 6.45) is 9.42. The molecule has 162 valence electrons. The van der Waals surface area contributed by atoms with Crippen LogP contribution < -0.4 is 10.6 Å². The highest BCUT2D eigenvalue weighted by molar-refractivity contribution is 6.32. The van der Waals surface area contributed by atoms with Crippen LogP contribution in [0.5, 0.6) is 0 Å². The molecule has 5 nitrogen and oxygen atoms in total. The van der Waals surface area contributed by atoms with Crippen molar-refractivity contribution in [2.24, 2.45) is 0 Å². The van der Waals surface area contributed by atoms with E-state index in [-0.39, 0.29) is 17.4 Å². The molecule has 1 atom stereocenters. The summed E-state index contributed by atoms with van der Waals surface area (Å²) >= 11 is 12.7. The molecule has 0 radical (unpaired) electrons. The van der Waals surface area contributed by atoms with Crippen molar-refractivity contribution in [2.45, 2.75) is 38.5 Å². The molecule has 1 aliphatic heterocycles. The van der Waals surface area contributed by atoms with E-state index in [1.807, 2.05) is 63.4 Å². The molecule has 0 amide bonds. The van der Waals surface area contributed by atoms with Crippen LogP contribution in [0, 0.1) is 0 Å². The van der Waals surface area contributed by atoms with Crippen LogP contribution in [-0.4, -0.2) is 28.4 Å². The van der Waals surface area contributed by atoms with E-state index >= 15 is 0 Å². The molecule has 7 heteroatoms. The molecule has 0 fully saturated rings. The summed E-state index contributed by atoms with van der Waals surface area (Å²) < 4.78 is 1.55. The van der Waals surface area contributed by atoms with Crippen LogP contribution in [0.3, 0.4) is 0 Å². The van der Waals surface area contributed by atoms with E-state index in [2.05, 4.69) is 4.98 Å². The van der Waals surface area contributed by atoms with E-state index in [0.29, 0.717) is 35.5 Å². The fraction of sp³-hybridized carbons (Fsp3) is 0.292. The second-order valence-corrected chi connectivity index (χ2v) is 8.39. The lowest BCUT2D eigenvalue weighted by atomic mass is 9.94. The quantitative estimate of drug-likeness (QED) is 0.358. The van der Waals surface area contributed by atoms with E-state index in [1.54, 1.807) is 9.69 Å². The molecule has 2 aromatic rings. The molecule has 31 heavy (non-hydrogen) atoms. The Morgan fingerprint density at radius 1 is 1.29 bits per heavy atom. The first-order valence-corrected chi connectivity index (χ1v) is 10.9. The molecule has 2 heterocycles. The van der Waals surface area contributed by atoms with Gasteiger partial charge in [0.2, 0.25) is 0 Å². The number of aromatic nitrogens is 2. The summed E-state index contributed by atoms with van der Waals surface area (Å²) in [6.45, 7) is 3.88. The van der Waals surface area contributed by atoms with Crippen molar-refractivity contribution in [1.29, 1.82) is 0 Å². The summed E-state index contributed by atoms with van der Waals surface area (Å²) in [5.74, 6) is 0.631. The van der Waals surface area contributed by atoms with Crippen molar-refractivity contribution in [1.82, 2.24) is 9.66 Å². The standard InChI is InChI=1S/C24H25Cl2N3O2/c1-4-17(10-9-16(2)25)19-11-12-22-27-15-18(13-14-30)24(31)29(22)28(3)23(19)20-7-5-6-8-21(20)26/h4-10,14-16H,11-13H2,1-3H3/b10-9-,17-4+. The minimum Gasteiger partial charge on any atom is -0.303 e. The van der Waals surface area contributed by atoms with Crippen LogP contribution in [0.15, 0.2) is 64.6 Å². The van der Waals surface area contributed by atoms with Crippen molar-refractivity contribution in [3.63, 3.8) is 0 Å². The second-order valence-electron chi connectivity index (χ2n) is 7.30. The normalized spacial score (nSPS) is 15.8. The van der Waals surface area contributed by atoms with Gasteiger partial charge in [0.05, 0.1) is 5.70 Å². The fourth-order valence-electron chi connectivity index (χ4n) is 3.75. The van der Waals surface area contributed by atoms with E-state index in [9.17, 15) is 9.59 Å². The number of alkyl halides is 1. The first-order chi connectivity index (χ1) is 14.9. The maximum absolute atomic E-state index is 13.2. The van der Waals surface area contributed by atoms with Gasteiger partial charge in [-0.1, -0.05) is 48.0 Å². The van der Waals surface area contributed by atoms with Gasteiger partial charge >= 0.3 is 0 Å². The number of aryl methyl sites for hydroxylation is 1. The summed E-state index contributed by atoms with van der Waals surface area (Å²) in [6, 6.07) is 7.56. The highest BCUT2D eigenvalue weighted by Gasteiger charge is 2.26. The van der Waals surface area contributed by atoms with Gasteiger partial charge in [-0.2, -0.15) is 0 Å². The molecule has 1 aliphatic rings. The Hall–Kier alpha value is -2.63. The third-order valence-electron chi connectivity index (χ3n) is 5.22. The summed E-state index contributed by atoms with van der Waals surface area (Å²) in [5, 5.41) is 2.26. The average Bonchev–Trinajstić information content (AvgIpc) is 2.88. The maximum atomic E-state index is 13.2. The Kier molecular flexibility index (Phi) is 7.52. The van der Waals surface area contributed by atoms with Crippen LogP contribution in [0.25, 0.3) is 5.70 Å². The van der Waals surface area contributed by atoms with E-state index in [0.717, 1.165) is 22.4 Å². The molecule has 0 bridgehead atoms. The second kappa shape index (κ2) is 10.1. The minimum atomic E-state index is -0.252. The molecule has 0 saturated heterocycles. The number of rotatable bonds is 6. The van der Waals surface area contributed by atoms with Crippen molar-refractivity contribution in [3.8, 4) is 0 Å². The zero-order valence-corrected chi connectivity index (χ0v) is 19.3. The predicted molar refractivity (Wildman–Crippen MR) is 127 cm³/mol. The topological polar surface area (TPSA) is 55.2 Å². The summed E-state index contributed by atoms with van der Waals surface area (Å²) in [7, 11) is 1.82. The largest absolute Gasteiger partial charge is 0.303 e. The van der Waals surface area contributed by atoms with Gasteiger partial charge in [0.1, 0.15) is 12.1 Å². The molecule has 0 spiro atoms. The third-order valence-corrected chi connectivity index (χ3v) is 5.70. The Morgan fingerprint density at radius 2 is 2.03 bits per heavy atom. The number of carbonyl (C=O) groups is 1. The number of aldehydes is 1. The lowest BCUT2D eigenvalue weighted by Gasteiger charge is -2.28. The zero-order chi connectivity index (χ0) is 22.5. The van der Waals surface area contributed by atoms with Crippen LogP contribution in [0.2, 0.25) is 5.02 Å². The number of halogens is 2. The van der Waals surface area contributed by atoms with Crippen molar-refractivity contribution < 1.29 is 4.79 Å². The molecule has 0 N–H and O–H groups in total. The summed E-state index contributed by atoms with van der Waals surface area (Å²) in [4.78, 5) is 28.7. The minimum absolute atomic E-state index is 0.0222. The van der Waals surface area contributed by atoms with Crippen molar-refractivity contribution in [3.05, 3.63) is 92.2 Å². The van der Waals surface area contributed by atoms with Gasteiger partial charge in [0, 0.05) is 47.6 Å². The van der Waals surface area contributed by atoms with Gasteiger partial charge < -0.3 is 4.79 Å². The number of benzene rings is 1. The Balaban J connectivity index is 2.30. The van der Waals surface area contributed by atoms with Gasteiger partial charge in [0.15, 0.2) is 0 Å². The highest BCUT2D eigenvalue weighted by Crippen LogP contribution is 2.35. The molecular formula is C24H25Cl2N3O2. The Labute approximate surface area is 192 Å². The molecular weight excluding hydrogens is 433 g/mol. The van der Waals surface area contributed by atoms with Gasteiger partial charge in [-0.3, -0.25) is 9.80 Å². The maximum Gasteiger partial charge on any atom is 0.276 e. The van der Waals surface area contributed by atoms with Gasteiger partial charge in [-0.05, 0) is 37.5 Å². The first kappa shape index (κ1) is 23.0. The fourth-order valence-corrected chi connectivity index (χ4v) is 4.05. The first-order valence-electron chi connectivity index (χ1n) is 10.1. The smallest absolute Gasteiger partial charge is 0.276 e. The lowest BCUT2D eigenvalue weighted by Crippen LogP contribution is -2.41. The van der Waals surface area contributed by atoms with Gasteiger partial charge in [-0.15, -0.1) is 11.6 Å². The number of fused-ring (bicyclic) bond motifs is 1. The molecule has 3 rings (SSSR count). The predicted octanol–water partition coefficient (Wildman–Crippen LogP) is 4.69. The number of nitrogens with zero attached hydrogens (tertiary/aromatic N) is 3.